The second kappa shape index (κ2) is 5.42. The highest BCUT2D eigenvalue weighted by Gasteiger charge is 2.20. The Morgan fingerprint density at radius 1 is 1.26 bits per heavy atom. The van der Waals surface area contributed by atoms with Gasteiger partial charge < -0.3 is 5.11 Å². The van der Waals surface area contributed by atoms with Crippen LogP contribution in [0.25, 0.3) is 11.4 Å². The number of hydrogen-bond acceptors (Lipinski definition) is 5. The molecule has 19 heavy (non-hydrogen) atoms. The average Bonchev–Trinajstić information content (AvgIpc) is 2.41. The molecule has 0 fully saturated rings. The molecule has 0 bridgehead atoms. The predicted octanol–water partition coefficient (Wildman–Crippen LogP) is 1.28. The van der Waals surface area contributed by atoms with Crippen LogP contribution in [0.1, 0.15) is 15.9 Å². The fourth-order valence-corrected chi connectivity index (χ4v) is 1.65. The van der Waals surface area contributed by atoms with Crippen LogP contribution in [0.2, 0.25) is 0 Å². The largest absolute Gasteiger partial charge is 0.478 e. The van der Waals surface area contributed by atoms with E-state index >= 15 is 0 Å². The Morgan fingerprint density at radius 3 is 2.53 bits per heavy atom. The molecule has 1 N–H and O–H groups in total. The molecular weight excluding hydrogens is 258 g/mol. The number of aromatic nitrogens is 4. The lowest BCUT2D eigenvalue weighted by molar-refractivity contribution is 0.0691. The zero-order valence-corrected chi connectivity index (χ0v) is 9.55. The van der Waals surface area contributed by atoms with E-state index in [-0.39, 0.29) is 23.4 Å². The topological polar surface area (TPSA) is 88.9 Å². The lowest BCUT2D eigenvalue weighted by atomic mass is 10.00. The van der Waals surface area contributed by atoms with E-state index < -0.39 is 24.0 Å². The average molecular weight is 266 g/mol. The van der Waals surface area contributed by atoms with Gasteiger partial charge >= 0.3 is 5.97 Å². The normalized spacial score (nSPS) is 10.4. The fraction of sp³-hybridized carbons (Fsp3) is 0.182. The van der Waals surface area contributed by atoms with Gasteiger partial charge in [0, 0.05) is 17.5 Å². The van der Waals surface area contributed by atoms with E-state index in [4.69, 9.17) is 5.11 Å². The molecule has 0 saturated heterocycles. The number of rotatable bonds is 4. The summed E-state index contributed by atoms with van der Waals surface area (Å²) in [7, 11) is 0. The molecule has 6 nitrogen and oxygen atoms in total. The van der Waals surface area contributed by atoms with Gasteiger partial charge in [-0.3, -0.25) is 4.39 Å². The summed E-state index contributed by atoms with van der Waals surface area (Å²) in [5, 5.41) is 23.1. The summed E-state index contributed by atoms with van der Waals surface area (Å²) in [6, 6.07) is 2.39. The molecule has 0 spiro atoms. The molecule has 2 rings (SSSR count). The van der Waals surface area contributed by atoms with Crippen LogP contribution in [0.4, 0.5) is 8.78 Å². The molecule has 0 atom stereocenters. The molecule has 0 aliphatic rings. The number of halogens is 2. The Bertz CT molecular complexity index is 607. The highest BCUT2D eigenvalue weighted by Crippen LogP contribution is 2.25. The van der Waals surface area contributed by atoms with Crippen LogP contribution in [-0.4, -0.2) is 38.1 Å². The van der Waals surface area contributed by atoms with Gasteiger partial charge in [0.2, 0.25) is 5.82 Å². The van der Waals surface area contributed by atoms with Gasteiger partial charge in [-0.2, -0.15) is 0 Å². The number of carboxylic acid groups (broad SMARTS) is 1. The third kappa shape index (κ3) is 2.51. The number of carbonyl (C=O) groups is 1. The van der Waals surface area contributed by atoms with Gasteiger partial charge in [-0.1, -0.05) is 0 Å². The number of hydrogen-bond donors (Lipinski definition) is 1. The van der Waals surface area contributed by atoms with E-state index in [1.165, 1.54) is 6.07 Å². The maximum atomic E-state index is 14.0. The first-order chi connectivity index (χ1) is 9.15. The second-order valence-corrected chi connectivity index (χ2v) is 3.57. The molecule has 98 valence electrons. The quantitative estimate of drug-likeness (QED) is 0.896. The van der Waals surface area contributed by atoms with E-state index in [1.54, 1.807) is 0 Å². The van der Waals surface area contributed by atoms with E-state index in [2.05, 4.69) is 20.4 Å². The maximum Gasteiger partial charge on any atom is 0.338 e. The number of nitrogens with zero attached hydrogens (tertiary/aromatic N) is 4. The van der Waals surface area contributed by atoms with Crippen molar-refractivity contribution in [3.63, 3.8) is 0 Å². The first kappa shape index (κ1) is 12.9. The molecule has 1 heterocycles. The van der Waals surface area contributed by atoms with Gasteiger partial charge in [0.15, 0.2) is 6.33 Å². The molecule has 0 unspecified atom stereocenters. The Morgan fingerprint density at radius 2 is 1.95 bits per heavy atom. The Hall–Kier alpha value is -2.51. The lowest BCUT2D eigenvalue weighted by Crippen LogP contribution is -2.07. The van der Waals surface area contributed by atoms with Gasteiger partial charge in [0.05, 0.1) is 12.2 Å². The van der Waals surface area contributed by atoms with Crippen molar-refractivity contribution in [2.24, 2.45) is 0 Å². The van der Waals surface area contributed by atoms with Gasteiger partial charge in [0.1, 0.15) is 5.82 Å². The highest BCUT2D eigenvalue weighted by molar-refractivity contribution is 5.89. The summed E-state index contributed by atoms with van der Waals surface area (Å²) >= 11 is 0. The van der Waals surface area contributed by atoms with Gasteiger partial charge in [0.25, 0.3) is 0 Å². The number of benzene rings is 1. The summed E-state index contributed by atoms with van der Waals surface area (Å²) in [5.74, 6) is -2.40. The van der Waals surface area contributed by atoms with Crippen LogP contribution in [0.15, 0.2) is 18.5 Å². The van der Waals surface area contributed by atoms with E-state index in [0.717, 1.165) is 12.4 Å². The van der Waals surface area contributed by atoms with E-state index in [0.29, 0.717) is 0 Å². The monoisotopic (exact) mass is 266 g/mol. The van der Waals surface area contributed by atoms with Crippen molar-refractivity contribution >= 4 is 5.97 Å². The summed E-state index contributed by atoms with van der Waals surface area (Å²) in [4.78, 5) is 10.8. The lowest BCUT2D eigenvalue weighted by Gasteiger charge is -2.09. The Balaban J connectivity index is 2.62. The SMILES string of the molecule is O=C(O)c1ccc(-c2nncnn2)c(CCF)c1F. The summed E-state index contributed by atoms with van der Waals surface area (Å²) in [5.41, 5.74) is -0.443. The first-order valence-corrected chi connectivity index (χ1v) is 5.26. The molecule has 1 aromatic heterocycles. The molecule has 8 heteroatoms. The van der Waals surface area contributed by atoms with Gasteiger partial charge in [-0.15, -0.1) is 20.4 Å². The zero-order valence-electron chi connectivity index (χ0n) is 9.55. The van der Waals surface area contributed by atoms with Crippen LogP contribution in [0.3, 0.4) is 0 Å². The van der Waals surface area contributed by atoms with Crippen molar-refractivity contribution in [1.29, 1.82) is 0 Å². The first-order valence-electron chi connectivity index (χ1n) is 5.26. The van der Waals surface area contributed by atoms with Gasteiger partial charge in [-0.25, -0.2) is 9.18 Å². The minimum absolute atomic E-state index is 0.0155. The molecule has 0 amide bonds. The number of carboxylic acids is 1. The van der Waals surface area contributed by atoms with Crippen molar-refractivity contribution in [3.8, 4) is 11.4 Å². The third-order valence-electron chi connectivity index (χ3n) is 2.47. The molecule has 0 radical (unpaired) electrons. The van der Waals surface area contributed by atoms with Crippen molar-refractivity contribution in [2.45, 2.75) is 6.42 Å². The van der Waals surface area contributed by atoms with Crippen LogP contribution < -0.4 is 0 Å². The summed E-state index contributed by atoms with van der Waals surface area (Å²) in [6.07, 6.45) is 0.820. The minimum Gasteiger partial charge on any atom is -0.478 e. The third-order valence-corrected chi connectivity index (χ3v) is 2.47. The smallest absolute Gasteiger partial charge is 0.338 e. The van der Waals surface area contributed by atoms with Crippen LogP contribution in [-0.2, 0) is 6.42 Å². The molecule has 0 aliphatic carbocycles. The number of aromatic carboxylic acids is 1. The van der Waals surface area contributed by atoms with E-state index in [9.17, 15) is 13.6 Å². The van der Waals surface area contributed by atoms with Crippen molar-refractivity contribution in [3.05, 3.63) is 35.4 Å². The molecule has 0 saturated carbocycles. The van der Waals surface area contributed by atoms with Crippen LogP contribution >= 0.6 is 0 Å². The predicted molar refractivity (Wildman–Crippen MR) is 59.7 cm³/mol. The van der Waals surface area contributed by atoms with Crippen molar-refractivity contribution < 1.29 is 18.7 Å². The van der Waals surface area contributed by atoms with Crippen LogP contribution in [0.5, 0.6) is 0 Å². The summed E-state index contributed by atoms with van der Waals surface area (Å²) in [6.45, 7) is -0.833. The molecular formula is C11H8F2N4O2. The van der Waals surface area contributed by atoms with E-state index in [1.807, 2.05) is 0 Å². The minimum atomic E-state index is -1.42. The number of alkyl halides is 1. The Labute approximate surface area is 106 Å². The second-order valence-electron chi connectivity index (χ2n) is 3.57. The van der Waals surface area contributed by atoms with Crippen LogP contribution in [0, 0.1) is 5.82 Å². The zero-order chi connectivity index (χ0) is 13.8. The Kier molecular flexibility index (Phi) is 3.69. The highest BCUT2D eigenvalue weighted by atomic mass is 19.1. The standard InChI is InChI=1S/C11H8F2N4O2/c12-4-3-6-7(10-16-14-5-15-17-10)1-2-8(9(6)13)11(18)19/h1-2,5H,3-4H2,(H,18,19). The maximum absolute atomic E-state index is 14.0. The van der Waals surface area contributed by atoms with Crippen molar-refractivity contribution in [2.75, 3.05) is 6.67 Å². The van der Waals surface area contributed by atoms with Crippen molar-refractivity contribution in [1.82, 2.24) is 20.4 Å². The molecule has 1 aromatic carbocycles. The molecule has 2 aromatic rings. The van der Waals surface area contributed by atoms with Gasteiger partial charge in [-0.05, 0) is 12.1 Å². The summed E-state index contributed by atoms with van der Waals surface area (Å²) < 4.78 is 26.5. The molecule has 0 aliphatic heterocycles. The fourth-order valence-electron chi connectivity index (χ4n) is 1.65.